The molecule has 4 bridgehead atoms. The molecule has 102 valence electrons. The van der Waals surface area contributed by atoms with E-state index in [-0.39, 0.29) is 11.4 Å². The van der Waals surface area contributed by atoms with Gasteiger partial charge in [-0.05, 0) is 78.7 Å². The van der Waals surface area contributed by atoms with Gasteiger partial charge in [0.15, 0.2) is 0 Å². The third kappa shape index (κ3) is 2.22. The van der Waals surface area contributed by atoms with Crippen LogP contribution in [-0.2, 0) is 11.2 Å². The number of thiophene rings is 1. The zero-order valence-corrected chi connectivity index (χ0v) is 12.0. The minimum atomic E-state index is 0.169. The van der Waals surface area contributed by atoms with Crippen LogP contribution >= 0.6 is 11.3 Å². The molecule has 0 aromatic carbocycles. The van der Waals surface area contributed by atoms with Crippen molar-refractivity contribution in [2.24, 2.45) is 17.8 Å². The smallest absolute Gasteiger partial charge is 0.224 e. The van der Waals surface area contributed by atoms with Crippen molar-refractivity contribution in [3.05, 3.63) is 22.4 Å². The lowest BCUT2D eigenvalue weighted by molar-refractivity contribution is -0.126. The van der Waals surface area contributed by atoms with Gasteiger partial charge in [0.2, 0.25) is 5.91 Å². The van der Waals surface area contributed by atoms with E-state index in [1.807, 2.05) is 5.38 Å². The molecule has 5 rings (SSSR count). The van der Waals surface area contributed by atoms with Crippen molar-refractivity contribution in [1.82, 2.24) is 5.32 Å². The third-order valence-corrected chi connectivity index (χ3v) is 6.12. The summed E-state index contributed by atoms with van der Waals surface area (Å²) in [6.07, 6.45) is 8.58. The number of rotatable bonds is 3. The van der Waals surface area contributed by atoms with Crippen molar-refractivity contribution in [1.29, 1.82) is 0 Å². The fourth-order valence-electron chi connectivity index (χ4n) is 5.18. The van der Waals surface area contributed by atoms with Crippen LogP contribution < -0.4 is 5.32 Å². The first-order chi connectivity index (χ1) is 9.21. The van der Waals surface area contributed by atoms with E-state index in [1.54, 1.807) is 11.3 Å². The molecule has 2 nitrogen and oxygen atoms in total. The van der Waals surface area contributed by atoms with Crippen LogP contribution in [0.5, 0.6) is 0 Å². The average Bonchev–Trinajstić information content (AvgIpc) is 2.78. The highest BCUT2D eigenvalue weighted by atomic mass is 32.1. The predicted octanol–water partition coefficient (Wildman–Crippen LogP) is 3.38. The highest BCUT2D eigenvalue weighted by Gasteiger charge is 2.51. The number of nitrogens with one attached hydrogen (secondary N) is 1. The summed E-state index contributed by atoms with van der Waals surface area (Å²) in [6, 6.07) is 2.06. The molecule has 19 heavy (non-hydrogen) atoms. The van der Waals surface area contributed by atoms with Crippen LogP contribution in [0.25, 0.3) is 0 Å². The van der Waals surface area contributed by atoms with Gasteiger partial charge < -0.3 is 5.32 Å². The van der Waals surface area contributed by atoms with Gasteiger partial charge in [-0.2, -0.15) is 11.3 Å². The molecular formula is C16H21NOS. The molecule has 4 saturated carbocycles. The lowest BCUT2D eigenvalue weighted by Gasteiger charge is -2.56. The molecule has 0 unspecified atom stereocenters. The van der Waals surface area contributed by atoms with Crippen molar-refractivity contribution in [3.8, 4) is 0 Å². The van der Waals surface area contributed by atoms with Gasteiger partial charge in [0.1, 0.15) is 0 Å². The van der Waals surface area contributed by atoms with Crippen molar-refractivity contribution >= 4 is 17.2 Å². The maximum atomic E-state index is 12.3. The summed E-state index contributed by atoms with van der Waals surface area (Å²) < 4.78 is 0. The Morgan fingerprint density at radius 2 is 1.84 bits per heavy atom. The van der Waals surface area contributed by atoms with Crippen LogP contribution in [-0.4, -0.2) is 11.4 Å². The lowest BCUT2D eigenvalue weighted by atomic mass is 9.53. The Hall–Kier alpha value is -0.830. The Morgan fingerprint density at radius 1 is 1.21 bits per heavy atom. The summed E-state index contributed by atoms with van der Waals surface area (Å²) >= 11 is 1.67. The molecule has 1 aromatic rings. The Kier molecular flexibility index (Phi) is 2.73. The highest BCUT2D eigenvalue weighted by molar-refractivity contribution is 7.07. The van der Waals surface area contributed by atoms with E-state index in [1.165, 1.54) is 38.5 Å². The van der Waals surface area contributed by atoms with Crippen molar-refractivity contribution in [2.75, 3.05) is 0 Å². The Labute approximate surface area is 118 Å². The second-order valence-corrected chi connectivity index (χ2v) is 7.83. The number of carbonyl (C=O) groups is 1. The summed E-state index contributed by atoms with van der Waals surface area (Å²) in [5, 5.41) is 7.56. The quantitative estimate of drug-likeness (QED) is 0.900. The molecule has 0 atom stereocenters. The van der Waals surface area contributed by atoms with Gasteiger partial charge in [-0.1, -0.05) is 0 Å². The molecule has 0 radical (unpaired) electrons. The van der Waals surface area contributed by atoms with E-state index < -0.39 is 0 Å². The molecule has 0 spiro atoms. The number of hydrogen-bond donors (Lipinski definition) is 1. The average molecular weight is 275 g/mol. The molecule has 0 saturated heterocycles. The normalized spacial score (nSPS) is 39.5. The standard InChI is InChI=1S/C16H21NOS/c18-15(6-11-1-2-19-10-11)17-16-7-12-3-13(8-16)5-14(4-12)9-16/h1-2,10,12-14H,3-9H2,(H,17,18). The van der Waals surface area contributed by atoms with Crippen LogP contribution in [0, 0.1) is 17.8 Å². The van der Waals surface area contributed by atoms with E-state index >= 15 is 0 Å². The molecule has 1 aromatic heterocycles. The fourth-order valence-corrected chi connectivity index (χ4v) is 5.85. The van der Waals surface area contributed by atoms with Gasteiger partial charge in [0.05, 0.1) is 6.42 Å². The minimum absolute atomic E-state index is 0.169. The molecule has 4 aliphatic carbocycles. The Bertz CT molecular complexity index is 444. The second kappa shape index (κ2) is 4.34. The summed E-state index contributed by atoms with van der Waals surface area (Å²) in [5.74, 6) is 2.92. The summed E-state index contributed by atoms with van der Waals surface area (Å²) in [4.78, 5) is 12.3. The predicted molar refractivity (Wildman–Crippen MR) is 77.1 cm³/mol. The van der Waals surface area contributed by atoms with E-state index in [2.05, 4.69) is 16.8 Å². The van der Waals surface area contributed by atoms with E-state index in [4.69, 9.17) is 0 Å². The molecule has 3 heteroatoms. The Morgan fingerprint density at radius 3 is 2.37 bits per heavy atom. The lowest BCUT2D eigenvalue weighted by Crippen LogP contribution is -2.60. The van der Waals surface area contributed by atoms with Crippen LogP contribution in [0.4, 0.5) is 0 Å². The maximum Gasteiger partial charge on any atom is 0.224 e. The molecule has 0 aliphatic heterocycles. The summed E-state index contributed by atoms with van der Waals surface area (Å²) in [7, 11) is 0. The number of hydrogen-bond acceptors (Lipinski definition) is 2. The zero-order chi connectivity index (χ0) is 12.9. The van der Waals surface area contributed by atoms with E-state index in [9.17, 15) is 4.79 Å². The molecule has 1 N–H and O–H groups in total. The zero-order valence-electron chi connectivity index (χ0n) is 11.2. The number of carbonyl (C=O) groups excluding carboxylic acids is 1. The monoisotopic (exact) mass is 275 g/mol. The highest BCUT2D eigenvalue weighted by Crippen LogP contribution is 2.55. The van der Waals surface area contributed by atoms with Crippen LogP contribution in [0.1, 0.15) is 44.1 Å². The Balaban J connectivity index is 1.46. The molecule has 1 heterocycles. The van der Waals surface area contributed by atoms with Gasteiger partial charge in [-0.3, -0.25) is 4.79 Å². The van der Waals surface area contributed by atoms with E-state index in [0.29, 0.717) is 6.42 Å². The number of amides is 1. The van der Waals surface area contributed by atoms with Gasteiger partial charge >= 0.3 is 0 Å². The van der Waals surface area contributed by atoms with Crippen molar-refractivity contribution in [3.63, 3.8) is 0 Å². The second-order valence-electron chi connectivity index (χ2n) is 7.05. The molecule has 1 amide bonds. The first kappa shape index (κ1) is 12.0. The van der Waals surface area contributed by atoms with Crippen LogP contribution in [0.15, 0.2) is 16.8 Å². The van der Waals surface area contributed by atoms with Gasteiger partial charge in [0.25, 0.3) is 0 Å². The van der Waals surface area contributed by atoms with E-state index in [0.717, 1.165) is 23.3 Å². The maximum absolute atomic E-state index is 12.3. The summed E-state index contributed by atoms with van der Waals surface area (Å²) in [5.41, 5.74) is 1.33. The summed E-state index contributed by atoms with van der Waals surface area (Å²) in [6.45, 7) is 0. The van der Waals surface area contributed by atoms with Crippen LogP contribution in [0.2, 0.25) is 0 Å². The molecule has 4 fully saturated rings. The largest absolute Gasteiger partial charge is 0.350 e. The minimum Gasteiger partial charge on any atom is -0.350 e. The first-order valence-electron chi connectivity index (χ1n) is 7.53. The van der Waals surface area contributed by atoms with Gasteiger partial charge in [-0.15, -0.1) is 0 Å². The molecular weight excluding hydrogens is 254 g/mol. The third-order valence-electron chi connectivity index (χ3n) is 5.39. The van der Waals surface area contributed by atoms with Crippen molar-refractivity contribution < 1.29 is 4.79 Å². The van der Waals surface area contributed by atoms with Gasteiger partial charge in [0, 0.05) is 5.54 Å². The van der Waals surface area contributed by atoms with Gasteiger partial charge in [-0.25, -0.2) is 0 Å². The topological polar surface area (TPSA) is 29.1 Å². The SMILES string of the molecule is O=C(Cc1ccsc1)NC12CC3CC(CC(C3)C1)C2. The fraction of sp³-hybridized carbons (Fsp3) is 0.688. The van der Waals surface area contributed by atoms with Crippen molar-refractivity contribution in [2.45, 2.75) is 50.5 Å². The van der Waals surface area contributed by atoms with Crippen LogP contribution in [0.3, 0.4) is 0 Å². The first-order valence-corrected chi connectivity index (χ1v) is 8.47. The molecule has 4 aliphatic rings.